The van der Waals surface area contributed by atoms with E-state index in [9.17, 15) is 9.59 Å². The number of carbonyl (C=O) groups excluding carboxylic acids is 2. The Labute approximate surface area is 179 Å². The van der Waals surface area contributed by atoms with Crippen molar-refractivity contribution in [3.63, 3.8) is 0 Å². The molecule has 0 radical (unpaired) electrons. The molecule has 0 bridgehead atoms. The van der Waals surface area contributed by atoms with Crippen LogP contribution in [0.2, 0.25) is 0 Å². The molecule has 9 heteroatoms. The average molecular weight is 428 g/mol. The van der Waals surface area contributed by atoms with Crippen LogP contribution < -0.4 is 10.6 Å². The van der Waals surface area contributed by atoms with Crippen molar-refractivity contribution in [2.24, 2.45) is 11.8 Å². The van der Waals surface area contributed by atoms with Gasteiger partial charge in [0.1, 0.15) is 6.54 Å². The van der Waals surface area contributed by atoms with Gasteiger partial charge < -0.3 is 20.3 Å². The summed E-state index contributed by atoms with van der Waals surface area (Å²) < 4.78 is 7.25. The smallest absolute Gasteiger partial charge is 0.244 e. The van der Waals surface area contributed by atoms with Crippen molar-refractivity contribution in [1.82, 2.24) is 20.0 Å². The number of anilines is 1. The van der Waals surface area contributed by atoms with Crippen molar-refractivity contribution >= 4 is 29.9 Å². The molecule has 1 aromatic heterocycles. The first-order valence-electron chi connectivity index (χ1n) is 10.4. The van der Waals surface area contributed by atoms with Crippen LogP contribution in [-0.4, -0.2) is 64.9 Å². The molecule has 29 heavy (non-hydrogen) atoms. The highest BCUT2D eigenvalue weighted by atomic mass is 35.5. The van der Waals surface area contributed by atoms with E-state index < -0.39 is 0 Å². The van der Waals surface area contributed by atoms with Crippen LogP contribution in [0.4, 0.5) is 5.69 Å². The van der Waals surface area contributed by atoms with Gasteiger partial charge in [0, 0.05) is 25.7 Å². The van der Waals surface area contributed by atoms with E-state index in [-0.39, 0.29) is 43.0 Å². The van der Waals surface area contributed by atoms with E-state index in [0.29, 0.717) is 37.0 Å². The lowest BCUT2D eigenvalue weighted by Crippen LogP contribution is -2.49. The fraction of sp³-hybridized carbons (Fsp3) is 0.750. The molecule has 8 nitrogen and oxygen atoms in total. The summed E-state index contributed by atoms with van der Waals surface area (Å²) in [5.74, 6) is 0.911. The molecule has 2 N–H and O–H groups in total. The minimum absolute atomic E-state index is 0. The van der Waals surface area contributed by atoms with Gasteiger partial charge in [-0.1, -0.05) is 6.92 Å². The predicted molar refractivity (Wildman–Crippen MR) is 114 cm³/mol. The number of rotatable bonds is 6. The quantitative estimate of drug-likeness (QED) is 0.723. The maximum absolute atomic E-state index is 12.5. The highest BCUT2D eigenvalue weighted by Gasteiger charge is 2.26. The molecule has 2 saturated heterocycles. The van der Waals surface area contributed by atoms with Crippen molar-refractivity contribution in [1.29, 1.82) is 0 Å². The highest BCUT2D eigenvalue weighted by Crippen LogP contribution is 2.23. The summed E-state index contributed by atoms with van der Waals surface area (Å²) >= 11 is 0. The molecule has 2 aliphatic rings. The summed E-state index contributed by atoms with van der Waals surface area (Å²) in [6.07, 6.45) is 6.26. The number of nitrogens with one attached hydrogen (secondary N) is 2. The summed E-state index contributed by atoms with van der Waals surface area (Å²) in [7, 11) is 0. The summed E-state index contributed by atoms with van der Waals surface area (Å²) in [6.45, 7) is 9.53. The third-order valence-electron chi connectivity index (χ3n) is 5.63. The fourth-order valence-corrected chi connectivity index (χ4v) is 4.17. The van der Waals surface area contributed by atoms with E-state index in [1.807, 2.05) is 18.7 Å². The van der Waals surface area contributed by atoms with Crippen LogP contribution in [-0.2, 0) is 20.9 Å². The number of piperidine rings is 1. The van der Waals surface area contributed by atoms with Crippen molar-refractivity contribution in [3.8, 4) is 0 Å². The van der Waals surface area contributed by atoms with Gasteiger partial charge in [-0.2, -0.15) is 5.10 Å². The van der Waals surface area contributed by atoms with Crippen molar-refractivity contribution < 1.29 is 14.3 Å². The second-order valence-electron chi connectivity index (χ2n) is 8.32. The van der Waals surface area contributed by atoms with Gasteiger partial charge in [0.15, 0.2) is 0 Å². The van der Waals surface area contributed by atoms with Crippen LogP contribution in [0.3, 0.4) is 0 Å². The van der Waals surface area contributed by atoms with Crippen LogP contribution in [0.25, 0.3) is 0 Å². The lowest BCUT2D eigenvalue weighted by Gasteiger charge is -2.35. The number of ether oxygens (including phenoxy) is 1. The molecule has 3 rings (SSSR count). The number of carbonyl (C=O) groups is 2. The van der Waals surface area contributed by atoms with Crippen LogP contribution >= 0.6 is 12.4 Å². The Morgan fingerprint density at radius 3 is 2.72 bits per heavy atom. The van der Waals surface area contributed by atoms with Crippen molar-refractivity contribution in [3.05, 3.63) is 12.4 Å². The van der Waals surface area contributed by atoms with E-state index in [0.717, 1.165) is 13.1 Å². The molecular formula is C20H34ClN5O3. The minimum atomic E-state index is -0.000205. The highest BCUT2D eigenvalue weighted by molar-refractivity contribution is 5.90. The predicted octanol–water partition coefficient (Wildman–Crippen LogP) is 1.90. The van der Waals surface area contributed by atoms with Gasteiger partial charge in [-0.3, -0.25) is 14.3 Å². The zero-order valence-electron chi connectivity index (χ0n) is 17.6. The van der Waals surface area contributed by atoms with Crippen LogP contribution in [0.15, 0.2) is 12.4 Å². The molecule has 2 aliphatic heterocycles. The molecule has 0 aromatic carbocycles. The summed E-state index contributed by atoms with van der Waals surface area (Å²) in [5, 5.41) is 10.5. The summed E-state index contributed by atoms with van der Waals surface area (Å²) in [6, 6.07) is 0. The van der Waals surface area contributed by atoms with Gasteiger partial charge in [-0.05, 0) is 51.6 Å². The Morgan fingerprint density at radius 2 is 2.07 bits per heavy atom. The van der Waals surface area contributed by atoms with Crippen LogP contribution in [0.5, 0.6) is 0 Å². The standard InChI is InChI=1S/C20H33N5O3.ClH/c1-14(17-5-4-6-21-8-17)7-19(26)23-18-9-22-25(12-18)13-20(27)24-10-15(2)28-16(3)11-24;/h9,12,14-17,21H,4-8,10-11,13H2,1-3H3,(H,23,26);1H. The number of hydrogen-bond donors (Lipinski definition) is 2. The summed E-state index contributed by atoms with van der Waals surface area (Å²) in [4.78, 5) is 26.7. The molecule has 0 aliphatic carbocycles. The topological polar surface area (TPSA) is 88.5 Å². The van der Waals surface area contributed by atoms with E-state index in [1.165, 1.54) is 12.8 Å². The largest absolute Gasteiger partial charge is 0.372 e. The molecule has 1 aromatic rings. The number of hydrogen-bond acceptors (Lipinski definition) is 5. The van der Waals surface area contributed by atoms with Gasteiger partial charge >= 0.3 is 0 Å². The molecule has 2 amide bonds. The Hall–Kier alpha value is -1.64. The van der Waals surface area contributed by atoms with Crippen molar-refractivity contribution in [2.45, 2.75) is 58.8 Å². The maximum atomic E-state index is 12.5. The molecule has 0 saturated carbocycles. The normalized spacial score (nSPS) is 25.8. The second-order valence-corrected chi connectivity index (χ2v) is 8.32. The zero-order valence-corrected chi connectivity index (χ0v) is 18.4. The molecule has 3 heterocycles. The number of halogens is 1. The second kappa shape index (κ2) is 10.9. The Kier molecular flexibility index (Phi) is 8.92. The van der Waals surface area contributed by atoms with Crippen molar-refractivity contribution in [2.75, 3.05) is 31.5 Å². The zero-order chi connectivity index (χ0) is 20.1. The first-order chi connectivity index (χ1) is 13.4. The van der Waals surface area contributed by atoms with Gasteiger partial charge in [-0.15, -0.1) is 12.4 Å². The Bertz CT molecular complexity index is 667. The third-order valence-corrected chi connectivity index (χ3v) is 5.63. The maximum Gasteiger partial charge on any atom is 0.244 e. The molecule has 0 spiro atoms. The summed E-state index contributed by atoms with van der Waals surface area (Å²) in [5.41, 5.74) is 0.635. The number of morpholine rings is 1. The van der Waals surface area contributed by atoms with Gasteiger partial charge in [0.2, 0.25) is 11.8 Å². The Balaban J connectivity index is 0.00000300. The van der Waals surface area contributed by atoms with Crippen LogP contribution in [0.1, 0.15) is 40.0 Å². The van der Waals surface area contributed by atoms with Gasteiger partial charge in [0.05, 0.1) is 24.1 Å². The van der Waals surface area contributed by atoms with E-state index in [1.54, 1.807) is 17.1 Å². The first kappa shape index (κ1) is 23.6. The lowest BCUT2D eigenvalue weighted by molar-refractivity contribution is -0.144. The fourth-order valence-electron chi connectivity index (χ4n) is 4.17. The SMILES string of the molecule is CC1CN(C(=O)Cn2cc(NC(=O)CC(C)C3CCCNC3)cn2)CC(C)O1.Cl. The van der Waals surface area contributed by atoms with E-state index in [2.05, 4.69) is 22.7 Å². The molecule has 2 fully saturated rings. The van der Waals surface area contributed by atoms with Gasteiger partial charge in [0.25, 0.3) is 0 Å². The lowest BCUT2D eigenvalue weighted by atomic mass is 9.85. The number of aromatic nitrogens is 2. The first-order valence-corrected chi connectivity index (χ1v) is 10.4. The van der Waals surface area contributed by atoms with E-state index in [4.69, 9.17) is 4.74 Å². The average Bonchev–Trinajstić information content (AvgIpc) is 3.08. The molecule has 4 atom stereocenters. The molecule has 164 valence electrons. The molecule has 4 unspecified atom stereocenters. The van der Waals surface area contributed by atoms with Crippen LogP contribution in [0, 0.1) is 11.8 Å². The number of nitrogens with zero attached hydrogens (tertiary/aromatic N) is 3. The number of amides is 2. The molecular weight excluding hydrogens is 394 g/mol. The third kappa shape index (κ3) is 6.97. The monoisotopic (exact) mass is 427 g/mol. The van der Waals surface area contributed by atoms with Gasteiger partial charge in [-0.25, -0.2) is 0 Å². The minimum Gasteiger partial charge on any atom is -0.372 e. The van der Waals surface area contributed by atoms with E-state index >= 15 is 0 Å². The Morgan fingerprint density at radius 1 is 1.34 bits per heavy atom.